The van der Waals surface area contributed by atoms with Gasteiger partial charge in [0.15, 0.2) is 11.8 Å². The van der Waals surface area contributed by atoms with Crippen molar-refractivity contribution in [2.24, 2.45) is 5.73 Å². The molecule has 4 nitrogen and oxygen atoms in total. The van der Waals surface area contributed by atoms with E-state index in [-0.39, 0.29) is 0 Å². The number of ketones is 1. The number of carboxylic acid groups (broad SMARTS) is 1. The van der Waals surface area contributed by atoms with E-state index in [1.807, 2.05) is 12.1 Å². The lowest BCUT2D eigenvalue weighted by Gasteiger charge is -2.22. The van der Waals surface area contributed by atoms with Crippen molar-refractivity contribution in [1.29, 1.82) is 0 Å². The van der Waals surface area contributed by atoms with Gasteiger partial charge in [0.2, 0.25) is 0 Å². The molecular formula is C15H19NO3. The zero-order valence-electron chi connectivity index (χ0n) is 10.8. The third kappa shape index (κ3) is 3.20. The molecule has 102 valence electrons. The zero-order valence-corrected chi connectivity index (χ0v) is 10.8. The van der Waals surface area contributed by atoms with E-state index in [4.69, 9.17) is 10.8 Å². The maximum Gasteiger partial charge on any atom is 0.328 e. The molecule has 4 heteroatoms. The van der Waals surface area contributed by atoms with Crippen LogP contribution < -0.4 is 5.73 Å². The van der Waals surface area contributed by atoms with Gasteiger partial charge >= 0.3 is 5.97 Å². The van der Waals surface area contributed by atoms with Crippen molar-refractivity contribution in [3.8, 4) is 0 Å². The fourth-order valence-corrected chi connectivity index (χ4v) is 2.65. The Hall–Kier alpha value is -1.68. The van der Waals surface area contributed by atoms with Crippen LogP contribution in [0.2, 0.25) is 0 Å². The van der Waals surface area contributed by atoms with Gasteiger partial charge in [0.1, 0.15) is 0 Å². The fourth-order valence-electron chi connectivity index (χ4n) is 2.65. The maximum atomic E-state index is 11.8. The van der Waals surface area contributed by atoms with Gasteiger partial charge in [-0.3, -0.25) is 9.59 Å². The van der Waals surface area contributed by atoms with Crippen molar-refractivity contribution in [1.82, 2.24) is 0 Å². The third-order valence-electron chi connectivity index (χ3n) is 3.82. The number of nitrogens with two attached hydrogens (primary N) is 1. The number of carboxylic acids is 1. The molecule has 0 amide bonds. The number of carbonyl (C=O) groups is 2. The van der Waals surface area contributed by atoms with E-state index in [1.165, 1.54) is 37.7 Å². The van der Waals surface area contributed by atoms with Gasteiger partial charge in [-0.05, 0) is 24.3 Å². The Balaban J connectivity index is 2.09. The van der Waals surface area contributed by atoms with E-state index in [0.29, 0.717) is 11.5 Å². The molecule has 1 aromatic rings. The quantitative estimate of drug-likeness (QED) is 0.644. The molecule has 19 heavy (non-hydrogen) atoms. The monoisotopic (exact) mass is 261 g/mol. The van der Waals surface area contributed by atoms with Gasteiger partial charge < -0.3 is 10.8 Å². The molecule has 0 saturated heterocycles. The summed E-state index contributed by atoms with van der Waals surface area (Å²) in [5, 5.41) is 8.73. The summed E-state index contributed by atoms with van der Waals surface area (Å²) in [5.41, 5.74) is 6.93. The van der Waals surface area contributed by atoms with Crippen molar-refractivity contribution < 1.29 is 14.7 Å². The number of Topliss-reactive ketones (excluding diaryl/α,β-unsaturated/α-hetero) is 1. The highest BCUT2D eigenvalue weighted by Gasteiger charge is 2.23. The topological polar surface area (TPSA) is 80.4 Å². The van der Waals surface area contributed by atoms with Gasteiger partial charge in [0, 0.05) is 5.56 Å². The minimum atomic E-state index is -1.47. The first-order valence-electron chi connectivity index (χ1n) is 6.72. The van der Waals surface area contributed by atoms with Crippen LogP contribution in [-0.4, -0.2) is 22.9 Å². The van der Waals surface area contributed by atoms with Crippen molar-refractivity contribution in [2.75, 3.05) is 0 Å². The van der Waals surface area contributed by atoms with Crippen LogP contribution in [0.1, 0.15) is 53.9 Å². The van der Waals surface area contributed by atoms with Crippen LogP contribution in [-0.2, 0) is 4.79 Å². The standard InChI is InChI=1S/C15H19NO3/c16-13(15(18)19)14(17)12-8-6-11(7-9-12)10-4-2-1-3-5-10/h6-10,13H,1-5,16H2,(H,18,19). The Morgan fingerprint density at radius 2 is 1.68 bits per heavy atom. The Kier molecular flexibility index (Phi) is 4.32. The Morgan fingerprint density at radius 3 is 2.21 bits per heavy atom. The maximum absolute atomic E-state index is 11.8. The number of hydrogen-bond donors (Lipinski definition) is 2. The van der Waals surface area contributed by atoms with Crippen LogP contribution in [0.25, 0.3) is 0 Å². The molecule has 3 N–H and O–H groups in total. The molecule has 1 fully saturated rings. The second-order valence-electron chi connectivity index (χ2n) is 5.14. The van der Waals surface area contributed by atoms with Gasteiger partial charge in [-0.15, -0.1) is 0 Å². The van der Waals surface area contributed by atoms with Crippen LogP contribution >= 0.6 is 0 Å². The summed E-state index contributed by atoms with van der Waals surface area (Å²) in [6, 6.07) is 5.76. The summed E-state index contributed by atoms with van der Waals surface area (Å²) in [7, 11) is 0. The highest BCUT2D eigenvalue weighted by molar-refractivity contribution is 6.11. The molecular weight excluding hydrogens is 242 g/mol. The lowest BCUT2D eigenvalue weighted by atomic mass is 9.84. The number of rotatable bonds is 4. The van der Waals surface area contributed by atoms with Crippen LogP contribution in [0.15, 0.2) is 24.3 Å². The summed E-state index contributed by atoms with van der Waals surface area (Å²) in [6.07, 6.45) is 6.22. The zero-order chi connectivity index (χ0) is 13.8. The molecule has 0 radical (unpaired) electrons. The van der Waals surface area contributed by atoms with E-state index < -0.39 is 17.8 Å². The molecule has 0 bridgehead atoms. The molecule has 0 aromatic heterocycles. The van der Waals surface area contributed by atoms with E-state index in [1.54, 1.807) is 12.1 Å². The van der Waals surface area contributed by atoms with Gasteiger partial charge in [0.25, 0.3) is 0 Å². The number of carbonyl (C=O) groups excluding carboxylic acids is 1. The predicted octanol–water partition coefficient (Wildman–Crippen LogP) is 2.33. The fraction of sp³-hybridized carbons (Fsp3) is 0.467. The normalized spacial score (nSPS) is 17.9. The van der Waals surface area contributed by atoms with Gasteiger partial charge in [-0.25, -0.2) is 0 Å². The van der Waals surface area contributed by atoms with Crippen molar-refractivity contribution in [3.05, 3.63) is 35.4 Å². The molecule has 1 aliphatic rings. The van der Waals surface area contributed by atoms with E-state index >= 15 is 0 Å². The molecule has 0 spiro atoms. The van der Waals surface area contributed by atoms with Gasteiger partial charge in [0.05, 0.1) is 0 Å². The van der Waals surface area contributed by atoms with Crippen LogP contribution in [0.5, 0.6) is 0 Å². The van der Waals surface area contributed by atoms with Crippen molar-refractivity contribution in [3.63, 3.8) is 0 Å². The summed E-state index contributed by atoms with van der Waals surface area (Å²) < 4.78 is 0. The van der Waals surface area contributed by atoms with Gasteiger partial charge in [-0.2, -0.15) is 0 Å². The molecule has 1 aromatic carbocycles. The highest BCUT2D eigenvalue weighted by atomic mass is 16.4. The third-order valence-corrected chi connectivity index (χ3v) is 3.82. The van der Waals surface area contributed by atoms with Crippen LogP contribution in [0.4, 0.5) is 0 Å². The predicted molar refractivity (Wildman–Crippen MR) is 72.2 cm³/mol. The lowest BCUT2D eigenvalue weighted by Crippen LogP contribution is -2.38. The first kappa shape index (κ1) is 13.7. The van der Waals surface area contributed by atoms with Crippen molar-refractivity contribution >= 4 is 11.8 Å². The number of hydrogen-bond acceptors (Lipinski definition) is 3. The minimum Gasteiger partial charge on any atom is -0.480 e. The summed E-state index contributed by atoms with van der Waals surface area (Å²) in [4.78, 5) is 22.5. The second kappa shape index (κ2) is 5.97. The molecule has 2 rings (SSSR count). The number of benzene rings is 1. The second-order valence-corrected chi connectivity index (χ2v) is 5.14. The van der Waals surface area contributed by atoms with Crippen LogP contribution in [0, 0.1) is 0 Å². The largest absolute Gasteiger partial charge is 0.480 e. The SMILES string of the molecule is NC(C(=O)O)C(=O)c1ccc(C2CCCCC2)cc1. The van der Waals surface area contributed by atoms with E-state index in [2.05, 4.69) is 0 Å². The Morgan fingerprint density at radius 1 is 1.11 bits per heavy atom. The average Bonchev–Trinajstić information content (AvgIpc) is 2.46. The first-order valence-corrected chi connectivity index (χ1v) is 6.72. The van der Waals surface area contributed by atoms with E-state index in [9.17, 15) is 9.59 Å². The highest BCUT2D eigenvalue weighted by Crippen LogP contribution is 2.32. The molecule has 1 saturated carbocycles. The molecule has 1 atom stereocenters. The Bertz CT molecular complexity index is 461. The lowest BCUT2D eigenvalue weighted by molar-refractivity contribution is -0.137. The average molecular weight is 261 g/mol. The van der Waals surface area contributed by atoms with Gasteiger partial charge in [-0.1, -0.05) is 43.5 Å². The smallest absolute Gasteiger partial charge is 0.328 e. The summed E-state index contributed by atoms with van der Waals surface area (Å²) >= 11 is 0. The van der Waals surface area contributed by atoms with E-state index in [0.717, 1.165) is 0 Å². The summed E-state index contributed by atoms with van der Waals surface area (Å²) in [5.74, 6) is -1.25. The Labute approximate surface area is 112 Å². The van der Waals surface area contributed by atoms with Crippen LogP contribution in [0.3, 0.4) is 0 Å². The first-order chi connectivity index (χ1) is 9.09. The molecule has 1 unspecified atom stereocenters. The van der Waals surface area contributed by atoms with Crippen molar-refractivity contribution in [2.45, 2.75) is 44.1 Å². The molecule has 0 heterocycles. The number of aliphatic carboxylic acids is 1. The summed E-state index contributed by atoms with van der Waals surface area (Å²) in [6.45, 7) is 0. The molecule has 1 aliphatic carbocycles. The minimum absolute atomic E-state index is 0.370. The molecule has 0 aliphatic heterocycles.